The SMILES string of the molecule is CN(CCN1CCCC1)CC(=O)c1ccc(C#N)cc1. The quantitative estimate of drug-likeness (QED) is 0.740. The molecule has 0 radical (unpaired) electrons. The molecule has 0 bridgehead atoms. The first kappa shape index (κ1) is 14.7. The van der Waals surface area contributed by atoms with Gasteiger partial charge in [0.1, 0.15) is 0 Å². The van der Waals surface area contributed by atoms with Crippen LogP contribution in [0.2, 0.25) is 0 Å². The predicted molar refractivity (Wildman–Crippen MR) is 78.7 cm³/mol. The van der Waals surface area contributed by atoms with E-state index < -0.39 is 0 Å². The van der Waals surface area contributed by atoms with E-state index in [4.69, 9.17) is 5.26 Å². The fourth-order valence-electron chi connectivity index (χ4n) is 2.46. The number of nitriles is 1. The first-order valence-corrected chi connectivity index (χ1v) is 7.13. The molecule has 1 aromatic rings. The highest BCUT2D eigenvalue weighted by atomic mass is 16.1. The lowest BCUT2D eigenvalue weighted by molar-refractivity contribution is 0.0941. The van der Waals surface area contributed by atoms with Crippen molar-refractivity contribution in [3.8, 4) is 6.07 Å². The minimum atomic E-state index is 0.110. The molecular formula is C16H21N3O. The second-order valence-electron chi connectivity index (χ2n) is 5.40. The second-order valence-corrected chi connectivity index (χ2v) is 5.40. The average Bonchev–Trinajstić information content (AvgIpc) is 2.98. The lowest BCUT2D eigenvalue weighted by Crippen LogP contribution is -2.34. The molecule has 1 fully saturated rings. The molecule has 0 spiro atoms. The van der Waals surface area contributed by atoms with Gasteiger partial charge in [-0.1, -0.05) is 12.1 Å². The van der Waals surface area contributed by atoms with Crippen LogP contribution in [0.15, 0.2) is 24.3 Å². The van der Waals surface area contributed by atoms with Crippen LogP contribution in [0.5, 0.6) is 0 Å². The Morgan fingerprint density at radius 1 is 1.30 bits per heavy atom. The third-order valence-corrected chi connectivity index (χ3v) is 3.75. The number of ketones is 1. The summed E-state index contributed by atoms with van der Waals surface area (Å²) in [4.78, 5) is 16.6. The van der Waals surface area contributed by atoms with E-state index in [1.54, 1.807) is 24.3 Å². The van der Waals surface area contributed by atoms with Crippen LogP contribution >= 0.6 is 0 Å². The van der Waals surface area contributed by atoms with Gasteiger partial charge in [-0.25, -0.2) is 0 Å². The highest BCUT2D eigenvalue weighted by molar-refractivity contribution is 5.97. The fourth-order valence-corrected chi connectivity index (χ4v) is 2.46. The van der Waals surface area contributed by atoms with Gasteiger partial charge in [0.05, 0.1) is 18.2 Å². The molecule has 106 valence electrons. The summed E-state index contributed by atoms with van der Waals surface area (Å²) in [6.45, 7) is 4.77. The molecule has 0 amide bonds. The van der Waals surface area contributed by atoms with Crippen molar-refractivity contribution in [3.63, 3.8) is 0 Å². The van der Waals surface area contributed by atoms with Gasteiger partial charge in [0.2, 0.25) is 0 Å². The minimum Gasteiger partial charge on any atom is -0.302 e. The first-order chi connectivity index (χ1) is 9.69. The lowest BCUT2D eigenvalue weighted by atomic mass is 10.1. The topological polar surface area (TPSA) is 47.3 Å². The van der Waals surface area contributed by atoms with Crippen molar-refractivity contribution in [3.05, 3.63) is 35.4 Å². The van der Waals surface area contributed by atoms with Crippen molar-refractivity contribution < 1.29 is 4.79 Å². The summed E-state index contributed by atoms with van der Waals surface area (Å²) in [5.41, 5.74) is 1.26. The van der Waals surface area contributed by atoms with Crippen molar-refractivity contribution >= 4 is 5.78 Å². The first-order valence-electron chi connectivity index (χ1n) is 7.13. The van der Waals surface area contributed by atoms with Crippen LogP contribution in [-0.4, -0.2) is 55.4 Å². The molecule has 0 atom stereocenters. The highest BCUT2D eigenvalue weighted by Crippen LogP contribution is 2.07. The van der Waals surface area contributed by atoms with E-state index in [0.717, 1.165) is 13.1 Å². The molecule has 0 saturated carbocycles. The summed E-state index contributed by atoms with van der Waals surface area (Å²) in [6, 6.07) is 8.90. The predicted octanol–water partition coefficient (Wildman–Crippen LogP) is 1.77. The third-order valence-electron chi connectivity index (χ3n) is 3.75. The molecule has 1 saturated heterocycles. The van der Waals surface area contributed by atoms with E-state index in [1.807, 2.05) is 7.05 Å². The molecule has 0 unspecified atom stereocenters. The molecule has 0 aromatic heterocycles. The zero-order valence-electron chi connectivity index (χ0n) is 12.0. The standard InChI is InChI=1S/C16H21N3O/c1-18(10-11-19-8-2-3-9-19)13-16(20)15-6-4-14(12-17)5-7-15/h4-7H,2-3,8-11,13H2,1H3. The molecule has 1 aliphatic rings. The van der Waals surface area contributed by atoms with Crippen molar-refractivity contribution in [1.29, 1.82) is 5.26 Å². The van der Waals surface area contributed by atoms with Gasteiger partial charge in [0.25, 0.3) is 0 Å². The van der Waals surface area contributed by atoms with Gasteiger partial charge in [0.15, 0.2) is 5.78 Å². The molecule has 4 nitrogen and oxygen atoms in total. The van der Waals surface area contributed by atoms with Crippen LogP contribution in [0.4, 0.5) is 0 Å². The van der Waals surface area contributed by atoms with Crippen LogP contribution in [0.3, 0.4) is 0 Å². The summed E-state index contributed by atoms with van der Waals surface area (Å²) in [5.74, 6) is 0.110. The maximum Gasteiger partial charge on any atom is 0.176 e. The molecule has 1 heterocycles. The van der Waals surface area contributed by atoms with E-state index in [1.165, 1.54) is 25.9 Å². The monoisotopic (exact) mass is 271 g/mol. The van der Waals surface area contributed by atoms with Crippen molar-refractivity contribution in [2.24, 2.45) is 0 Å². The van der Waals surface area contributed by atoms with Gasteiger partial charge >= 0.3 is 0 Å². The largest absolute Gasteiger partial charge is 0.302 e. The summed E-state index contributed by atoms with van der Waals surface area (Å²) >= 11 is 0. The van der Waals surface area contributed by atoms with Gasteiger partial charge in [-0.3, -0.25) is 9.69 Å². The Morgan fingerprint density at radius 3 is 2.55 bits per heavy atom. The summed E-state index contributed by atoms with van der Waals surface area (Å²) in [6.07, 6.45) is 2.60. The van der Waals surface area contributed by atoms with Gasteiger partial charge in [-0.15, -0.1) is 0 Å². The molecule has 4 heteroatoms. The highest BCUT2D eigenvalue weighted by Gasteiger charge is 2.13. The van der Waals surface area contributed by atoms with Gasteiger partial charge in [0, 0.05) is 18.7 Å². The number of benzene rings is 1. The summed E-state index contributed by atoms with van der Waals surface area (Å²) < 4.78 is 0. The zero-order chi connectivity index (χ0) is 14.4. The normalized spacial score (nSPS) is 15.4. The Balaban J connectivity index is 1.78. The van der Waals surface area contributed by atoms with E-state index >= 15 is 0 Å². The summed E-state index contributed by atoms with van der Waals surface area (Å²) in [5, 5.41) is 8.74. The van der Waals surface area contributed by atoms with Crippen molar-refractivity contribution in [2.75, 3.05) is 39.8 Å². The van der Waals surface area contributed by atoms with Crippen molar-refractivity contribution in [1.82, 2.24) is 9.80 Å². The Labute approximate surface area is 120 Å². The number of rotatable bonds is 6. The van der Waals surface area contributed by atoms with E-state index in [2.05, 4.69) is 15.9 Å². The van der Waals surface area contributed by atoms with Crippen LogP contribution in [-0.2, 0) is 0 Å². The average molecular weight is 271 g/mol. The molecule has 0 aliphatic carbocycles. The number of nitrogens with zero attached hydrogens (tertiary/aromatic N) is 3. The van der Waals surface area contributed by atoms with Crippen LogP contribution in [0, 0.1) is 11.3 Å². The lowest BCUT2D eigenvalue weighted by Gasteiger charge is -2.20. The molecule has 0 N–H and O–H groups in total. The number of likely N-dealkylation sites (N-methyl/N-ethyl adjacent to an activating group) is 1. The molecule has 20 heavy (non-hydrogen) atoms. The Hall–Kier alpha value is -1.70. The maximum atomic E-state index is 12.1. The van der Waals surface area contributed by atoms with Gasteiger partial charge in [-0.05, 0) is 45.1 Å². The fraction of sp³-hybridized carbons (Fsp3) is 0.500. The Kier molecular flexibility index (Phi) is 5.28. The zero-order valence-corrected chi connectivity index (χ0v) is 12.0. The van der Waals surface area contributed by atoms with Gasteiger partial charge in [-0.2, -0.15) is 5.26 Å². The summed E-state index contributed by atoms with van der Waals surface area (Å²) in [7, 11) is 1.98. The number of carbonyl (C=O) groups is 1. The van der Waals surface area contributed by atoms with Crippen LogP contribution in [0.25, 0.3) is 0 Å². The van der Waals surface area contributed by atoms with Crippen LogP contribution < -0.4 is 0 Å². The minimum absolute atomic E-state index is 0.110. The molecular weight excluding hydrogens is 250 g/mol. The van der Waals surface area contributed by atoms with E-state index in [0.29, 0.717) is 17.7 Å². The van der Waals surface area contributed by atoms with Gasteiger partial charge < -0.3 is 4.90 Å². The molecule has 1 aromatic carbocycles. The Bertz CT molecular complexity index is 483. The number of likely N-dealkylation sites (tertiary alicyclic amines) is 1. The number of carbonyl (C=O) groups excluding carboxylic acids is 1. The molecule has 2 rings (SSSR count). The maximum absolute atomic E-state index is 12.1. The Morgan fingerprint density at radius 2 is 1.95 bits per heavy atom. The van der Waals surface area contributed by atoms with Crippen molar-refractivity contribution in [2.45, 2.75) is 12.8 Å². The second kappa shape index (κ2) is 7.18. The number of hydrogen-bond acceptors (Lipinski definition) is 4. The molecule has 1 aliphatic heterocycles. The van der Waals surface area contributed by atoms with Crippen LogP contribution in [0.1, 0.15) is 28.8 Å². The number of Topliss-reactive ketones (excluding diaryl/α,β-unsaturated/α-hetero) is 1. The van der Waals surface area contributed by atoms with E-state index in [9.17, 15) is 4.79 Å². The number of hydrogen-bond donors (Lipinski definition) is 0. The van der Waals surface area contributed by atoms with E-state index in [-0.39, 0.29) is 5.78 Å². The smallest absolute Gasteiger partial charge is 0.176 e. The third kappa shape index (κ3) is 4.16.